The van der Waals surface area contributed by atoms with Gasteiger partial charge in [0.1, 0.15) is 0 Å². The second-order valence-electron chi connectivity index (χ2n) is 6.38. The molecule has 0 atom stereocenters. The minimum absolute atomic E-state index is 0.775. The molecule has 3 aromatic carbocycles. The first-order valence-corrected chi connectivity index (χ1v) is 10.9. The van der Waals surface area contributed by atoms with E-state index >= 15 is 0 Å². The Kier molecular flexibility index (Phi) is 5.15. The van der Waals surface area contributed by atoms with Crippen LogP contribution in [0.1, 0.15) is 11.1 Å². The number of anilines is 2. The molecule has 0 amide bonds. The van der Waals surface area contributed by atoms with E-state index < -0.39 is 0 Å². The van der Waals surface area contributed by atoms with Crippen molar-refractivity contribution in [1.29, 1.82) is 0 Å². The summed E-state index contributed by atoms with van der Waals surface area (Å²) < 4.78 is 2.27. The molecule has 0 aliphatic carbocycles. The monoisotopic (exact) mass is 428 g/mol. The van der Waals surface area contributed by atoms with Gasteiger partial charge in [-0.3, -0.25) is 10.9 Å². The van der Waals surface area contributed by atoms with Crippen LogP contribution in [-0.2, 0) is 0 Å². The van der Waals surface area contributed by atoms with Crippen LogP contribution in [0.5, 0.6) is 0 Å². The standard InChI is InChI=1S/C22H16N6S2/c1-3-7-19-17(5-1)25-21(29-19)27-23-13-15-9-11-16(12-10-15)14-24-28-22-26-18-6-2-4-8-20(18)30-22/h1-14H,(H,25,27)(H,26,28)/b23-13-,24-14-. The first-order valence-electron chi connectivity index (χ1n) is 9.23. The molecule has 2 heterocycles. The van der Waals surface area contributed by atoms with Crippen molar-refractivity contribution in [2.75, 3.05) is 10.9 Å². The summed E-state index contributed by atoms with van der Waals surface area (Å²) in [7, 11) is 0. The van der Waals surface area contributed by atoms with Gasteiger partial charge in [-0.2, -0.15) is 10.2 Å². The highest BCUT2D eigenvalue weighted by Crippen LogP contribution is 2.26. The first kappa shape index (κ1) is 18.4. The van der Waals surface area contributed by atoms with Crippen LogP contribution in [0.15, 0.2) is 83.0 Å². The summed E-state index contributed by atoms with van der Waals surface area (Å²) in [5.41, 5.74) is 9.91. The van der Waals surface area contributed by atoms with E-state index in [1.54, 1.807) is 35.1 Å². The topological polar surface area (TPSA) is 74.6 Å². The number of thiazole rings is 2. The van der Waals surface area contributed by atoms with Gasteiger partial charge < -0.3 is 0 Å². The Morgan fingerprint density at radius 1 is 0.600 bits per heavy atom. The highest BCUT2D eigenvalue weighted by Gasteiger charge is 2.02. The third-order valence-corrected chi connectivity index (χ3v) is 6.15. The van der Waals surface area contributed by atoms with E-state index in [1.165, 1.54) is 0 Å². The molecule has 0 saturated heterocycles. The summed E-state index contributed by atoms with van der Waals surface area (Å²) in [4.78, 5) is 8.99. The summed E-state index contributed by atoms with van der Waals surface area (Å²) >= 11 is 3.16. The number of nitrogens with zero attached hydrogens (tertiary/aromatic N) is 4. The number of aromatic nitrogens is 2. The van der Waals surface area contributed by atoms with Crippen molar-refractivity contribution in [2.24, 2.45) is 10.2 Å². The molecule has 0 saturated carbocycles. The van der Waals surface area contributed by atoms with Gasteiger partial charge in [0.25, 0.3) is 0 Å². The number of hydrogen-bond acceptors (Lipinski definition) is 8. The van der Waals surface area contributed by atoms with Crippen LogP contribution in [-0.4, -0.2) is 22.4 Å². The third-order valence-electron chi connectivity index (χ3n) is 4.27. The molecule has 2 aromatic heterocycles. The average molecular weight is 429 g/mol. The summed E-state index contributed by atoms with van der Waals surface area (Å²) in [6.45, 7) is 0. The van der Waals surface area contributed by atoms with E-state index in [0.717, 1.165) is 41.8 Å². The zero-order valence-electron chi connectivity index (χ0n) is 15.7. The van der Waals surface area contributed by atoms with Crippen molar-refractivity contribution < 1.29 is 0 Å². The predicted octanol–water partition coefficient (Wildman–Crippen LogP) is 5.80. The molecule has 0 fully saturated rings. The van der Waals surface area contributed by atoms with Crippen LogP contribution in [0.3, 0.4) is 0 Å². The van der Waals surface area contributed by atoms with Crippen molar-refractivity contribution in [2.45, 2.75) is 0 Å². The SMILES string of the molecule is C(=N/Nc1nc2ccccc2s1)/c1ccc(/C=N\Nc2nc3ccccc3s2)cc1. The van der Waals surface area contributed by atoms with Gasteiger partial charge >= 0.3 is 0 Å². The molecule has 5 rings (SSSR count). The van der Waals surface area contributed by atoms with Gasteiger partial charge in [-0.25, -0.2) is 9.97 Å². The molecule has 6 nitrogen and oxygen atoms in total. The van der Waals surface area contributed by atoms with Gasteiger partial charge in [0.15, 0.2) is 0 Å². The minimum Gasteiger partial charge on any atom is -0.253 e. The predicted molar refractivity (Wildman–Crippen MR) is 128 cm³/mol. The number of fused-ring (bicyclic) bond motifs is 2. The summed E-state index contributed by atoms with van der Waals surface area (Å²) in [5.74, 6) is 0. The van der Waals surface area contributed by atoms with Crippen molar-refractivity contribution >= 4 is 65.8 Å². The number of rotatable bonds is 6. The molecule has 0 radical (unpaired) electrons. The highest BCUT2D eigenvalue weighted by molar-refractivity contribution is 7.22. The van der Waals surface area contributed by atoms with E-state index in [0.29, 0.717) is 0 Å². The Bertz CT molecular complexity index is 1180. The molecule has 2 N–H and O–H groups in total. The molecular weight excluding hydrogens is 412 g/mol. The lowest BCUT2D eigenvalue weighted by Gasteiger charge is -1.97. The molecular formula is C22H16N6S2. The lowest BCUT2D eigenvalue weighted by Crippen LogP contribution is -1.92. The first-order chi connectivity index (χ1) is 14.8. The number of hydrazone groups is 2. The Hall–Kier alpha value is -3.62. The maximum Gasteiger partial charge on any atom is 0.204 e. The van der Waals surface area contributed by atoms with E-state index in [1.807, 2.05) is 72.8 Å². The molecule has 0 unspecified atom stereocenters. The molecule has 5 aromatic rings. The van der Waals surface area contributed by atoms with Gasteiger partial charge in [0.2, 0.25) is 10.3 Å². The number of hydrogen-bond donors (Lipinski definition) is 2. The molecule has 0 bridgehead atoms. The normalized spacial score (nSPS) is 11.7. The lowest BCUT2D eigenvalue weighted by molar-refractivity contribution is 1.31. The minimum atomic E-state index is 0.775. The van der Waals surface area contributed by atoms with Crippen molar-refractivity contribution in [1.82, 2.24) is 9.97 Å². The Morgan fingerprint density at radius 3 is 1.47 bits per heavy atom. The number of benzene rings is 3. The van der Waals surface area contributed by atoms with Crippen molar-refractivity contribution in [3.8, 4) is 0 Å². The largest absolute Gasteiger partial charge is 0.253 e. The quantitative estimate of drug-likeness (QED) is 0.265. The van der Waals surface area contributed by atoms with Crippen LogP contribution in [0.2, 0.25) is 0 Å². The smallest absolute Gasteiger partial charge is 0.204 e. The fourth-order valence-electron chi connectivity index (χ4n) is 2.83. The van der Waals surface area contributed by atoms with E-state index in [9.17, 15) is 0 Å². The Labute approximate surface area is 180 Å². The van der Waals surface area contributed by atoms with Gasteiger partial charge in [0.05, 0.1) is 32.9 Å². The summed E-state index contributed by atoms with van der Waals surface area (Å²) in [5, 5.41) is 10.1. The lowest BCUT2D eigenvalue weighted by atomic mass is 10.2. The molecule has 0 aliphatic rings. The van der Waals surface area contributed by atoms with Crippen LogP contribution in [0.25, 0.3) is 20.4 Å². The maximum atomic E-state index is 4.50. The highest BCUT2D eigenvalue weighted by atomic mass is 32.1. The van der Waals surface area contributed by atoms with Crippen molar-refractivity contribution in [3.63, 3.8) is 0 Å². The van der Waals surface area contributed by atoms with Gasteiger partial charge in [-0.1, -0.05) is 71.2 Å². The van der Waals surface area contributed by atoms with Gasteiger partial charge in [-0.05, 0) is 35.4 Å². The van der Waals surface area contributed by atoms with E-state index in [4.69, 9.17) is 0 Å². The van der Waals surface area contributed by atoms with Gasteiger partial charge in [0, 0.05) is 0 Å². The molecule has 0 aliphatic heterocycles. The maximum absolute atomic E-state index is 4.50. The fourth-order valence-corrected chi connectivity index (χ4v) is 4.46. The van der Waals surface area contributed by atoms with Gasteiger partial charge in [-0.15, -0.1) is 0 Å². The zero-order valence-corrected chi connectivity index (χ0v) is 17.3. The number of nitrogens with one attached hydrogen (secondary N) is 2. The second-order valence-corrected chi connectivity index (χ2v) is 8.44. The van der Waals surface area contributed by atoms with Crippen molar-refractivity contribution in [3.05, 3.63) is 83.9 Å². The van der Waals surface area contributed by atoms with E-state index in [-0.39, 0.29) is 0 Å². The second kappa shape index (κ2) is 8.40. The molecule has 30 heavy (non-hydrogen) atoms. The molecule has 0 spiro atoms. The Morgan fingerprint density at radius 2 is 1.03 bits per heavy atom. The summed E-state index contributed by atoms with van der Waals surface area (Å²) in [6.07, 6.45) is 3.54. The zero-order chi connectivity index (χ0) is 20.2. The number of para-hydroxylation sites is 2. The Balaban J connectivity index is 1.18. The van der Waals surface area contributed by atoms with E-state index in [2.05, 4.69) is 31.0 Å². The third kappa shape index (κ3) is 4.19. The van der Waals surface area contributed by atoms with Crippen LogP contribution in [0.4, 0.5) is 10.3 Å². The van der Waals surface area contributed by atoms with Crippen LogP contribution < -0.4 is 10.9 Å². The average Bonchev–Trinajstić information content (AvgIpc) is 3.38. The molecule has 8 heteroatoms. The fraction of sp³-hybridized carbons (Fsp3) is 0. The molecule has 146 valence electrons. The van der Waals surface area contributed by atoms with Crippen LogP contribution >= 0.6 is 22.7 Å². The summed E-state index contributed by atoms with van der Waals surface area (Å²) in [6, 6.07) is 24.0. The van der Waals surface area contributed by atoms with Crippen LogP contribution in [0, 0.1) is 0 Å².